The highest BCUT2D eigenvalue weighted by Crippen LogP contribution is 2.19. The second-order valence-electron chi connectivity index (χ2n) is 4.91. The quantitative estimate of drug-likeness (QED) is 0.685. The van der Waals surface area contributed by atoms with Crippen LogP contribution in [0.25, 0.3) is 0 Å². The van der Waals surface area contributed by atoms with Gasteiger partial charge in [0.15, 0.2) is 5.76 Å². The lowest BCUT2D eigenvalue weighted by atomic mass is 10.2. The van der Waals surface area contributed by atoms with Gasteiger partial charge in [0.2, 0.25) is 5.91 Å². The van der Waals surface area contributed by atoms with E-state index in [4.69, 9.17) is 9.52 Å². The molecule has 1 aliphatic rings. The van der Waals surface area contributed by atoms with Crippen molar-refractivity contribution in [1.29, 1.82) is 0 Å². The van der Waals surface area contributed by atoms with Crippen LogP contribution in [0, 0.1) is 0 Å². The van der Waals surface area contributed by atoms with Gasteiger partial charge in [0.05, 0.1) is 12.4 Å². The van der Waals surface area contributed by atoms with E-state index < -0.39 is 36.0 Å². The number of carboxylic acids is 1. The van der Waals surface area contributed by atoms with Crippen LogP contribution in [-0.2, 0) is 9.59 Å². The van der Waals surface area contributed by atoms with Crippen LogP contribution in [0.3, 0.4) is 0 Å². The molecule has 21 heavy (non-hydrogen) atoms. The van der Waals surface area contributed by atoms with Crippen molar-refractivity contribution in [2.45, 2.75) is 31.5 Å². The Morgan fingerprint density at radius 3 is 2.76 bits per heavy atom. The van der Waals surface area contributed by atoms with Gasteiger partial charge in [-0.2, -0.15) is 0 Å². The second-order valence-corrected chi connectivity index (χ2v) is 4.91. The van der Waals surface area contributed by atoms with E-state index in [-0.39, 0.29) is 18.7 Å². The lowest BCUT2D eigenvalue weighted by molar-refractivity contribution is -0.148. The predicted molar refractivity (Wildman–Crippen MR) is 69.4 cm³/mol. The molecule has 8 nitrogen and oxygen atoms in total. The molecule has 3 atom stereocenters. The minimum absolute atomic E-state index is 0.0140. The first kappa shape index (κ1) is 15.0. The van der Waals surface area contributed by atoms with Gasteiger partial charge in [-0.3, -0.25) is 9.59 Å². The largest absolute Gasteiger partial charge is 0.480 e. The molecule has 8 heteroatoms. The third-order valence-corrected chi connectivity index (χ3v) is 3.31. The zero-order valence-corrected chi connectivity index (χ0v) is 11.4. The molecule has 0 bridgehead atoms. The third kappa shape index (κ3) is 3.22. The van der Waals surface area contributed by atoms with E-state index in [1.54, 1.807) is 6.07 Å². The first-order valence-corrected chi connectivity index (χ1v) is 6.46. The summed E-state index contributed by atoms with van der Waals surface area (Å²) < 4.78 is 4.91. The number of carbonyl (C=O) groups is 3. The highest BCUT2D eigenvalue weighted by molar-refractivity contribution is 5.96. The smallest absolute Gasteiger partial charge is 0.326 e. The van der Waals surface area contributed by atoms with E-state index in [0.29, 0.717) is 0 Å². The monoisotopic (exact) mass is 296 g/mol. The summed E-state index contributed by atoms with van der Waals surface area (Å²) in [5, 5.41) is 21.0. The van der Waals surface area contributed by atoms with Crippen LogP contribution >= 0.6 is 0 Å². The normalized spacial score (nSPS) is 22.9. The maximum absolute atomic E-state index is 12.2. The number of amides is 2. The fraction of sp³-hybridized carbons (Fsp3) is 0.462. The fourth-order valence-corrected chi connectivity index (χ4v) is 2.28. The number of hydrogen-bond donors (Lipinski definition) is 3. The molecule has 1 aromatic heterocycles. The van der Waals surface area contributed by atoms with Crippen molar-refractivity contribution in [2.75, 3.05) is 6.54 Å². The Morgan fingerprint density at radius 2 is 2.19 bits per heavy atom. The molecule has 2 rings (SSSR count). The van der Waals surface area contributed by atoms with Gasteiger partial charge in [-0.15, -0.1) is 0 Å². The first-order valence-electron chi connectivity index (χ1n) is 6.46. The molecule has 0 aromatic carbocycles. The highest BCUT2D eigenvalue weighted by Gasteiger charge is 2.40. The number of nitrogens with one attached hydrogen (secondary N) is 1. The van der Waals surface area contributed by atoms with Crippen LogP contribution in [0.2, 0.25) is 0 Å². The Kier molecular flexibility index (Phi) is 4.27. The average Bonchev–Trinajstić information content (AvgIpc) is 3.06. The van der Waals surface area contributed by atoms with Crippen LogP contribution in [0.1, 0.15) is 23.9 Å². The average molecular weight is 296 g/mol. The fourth-order valence-electron chi connectivity index (χ4n) is 2.28. The Labute approximate surface area is 120 Å². The van der Waals surface area contributed by atoms with Crippen molar-refractivity contribution < 1.29 is 29.0 Å². The molecule has 1 aliphatic heterocycles. The Morgan fingerprint density at radius 1 is 1.48 bits per heavy atom. The van der Waals surface area contributed by atoms with Crippen LogP contribution in [0.5, 0.6) is 0 Å². The van der Waals surface area contributed by atoms with Crippen molar-refractivity contribution in [3.05, 3.63) is 24.2 Å². The maximum atomic E-state index is 12.2. The molecule has 1 unspecified atom stereocenters. The topological polar surface area (TPSA) is 120 Å². The highest BCUT2D eigenvalue weighted by atomic mass is 16.4. The van der Waals surface area contributed by atoms with E-state index in [9.17, 15) is 19.5 Å². The van der Waals surface area contributed by atoms with Gasteiger partial charge in [0.1, 0.15) is 12.1 Å². The molecule has 1 aromatic rings. The molecule has 3 N–H and O–H groups in total. The van der Waals surface area contributed by atoms with Gasteiger partial charge < -0.3 is 24.8 Å². The van der Waals surface area contributed by atoms with E-state index in [1.807, 2.05) is 0 Å². The lowest BCUT2D eigenvalue weighted by Gasteiger charge is -2.24. The summed E-state index contributed by atoms with van der Waals surface area (Å²) in [6, 6.07) is 0.996. The summed E-state index contributed by atoms with van der Waals surface area (Å²) >= 11 is 0. The number of likely N-dealkylation sites (tertiary alicyclic amines) is 1. The van der Waals surface area contributed by atoms with Gasteiger partial charge in [0.25, 0.3) is 5.91 Å². The van der Waals surface area contributed by atoms with Crippen molar-refractivity contribution >= 4 is 17.8 Å². The van der Waals surface area contributed by atoms with Gasteiger partial charge in [-0.25, -0.2) is 4.79 Å². The van der Waals surface area contributed by atoms with E-state index >= 15 is 0 Å². The third-order valence-electron chi connectivity index (χ3n) is 3.31. The number of nitrogens with zero attached hydrogens (tertiary/aromatic N) is 1. The standard InChI is InChI=1S/C13H16N2O6/c1-7(14-11(17)10-3-2-4-21-10)12(18)15-6-8(16)5-9(15)13(19)20/h2-4,7-9,16H,5-6H2,1H3,(H,14,17)(H,19,20)/t7?,8-,9-/m1/s1. The van der Waals surface area contributed by atoms with Crippen LogP contribution < -0.4 is 5.32 Å². The second kappa shape index (κ2) is 5.96. The van der Waals surface area contributed by atoms with Crippen molar-refractivity contribution in [2.24, 2.45) is 0 Å². The van der Waals surface area contributed by atoms with Crippen LogP contribution in [0.15, 0.2) is 22.8 Å². The minimum Gasteiger partial charge on any atom is -0.480 e. The van der Waals surface area contributed by atoms with E-state index in [0.717, 1.165) is 4.90 Å². The zero-order valence-electron chi connectivity index (χ0n) is 11.4. The number of carboxylic acid groups (broad SMARTS) is 1. The maximum Gasteiger partial charge on any atom is 0.326 e. The molecule has 2 amide bonds. The molecule has 1 saturated heterocycles. The number of hydrogen-bond acceptors (Lipinski definition) is 5. The summed E-state index contributed by atoms with van der Waals surface area (Å²) in [5.74, 6) is -2.23. The number of aliphatic hydroxyl groups excluding tert-OH is 1. The van der Waals surface area contributed by atoms with Crippen molar-refractivity contribution in [3.8, 4) is 0 Å². The number of rotatable bonds is 4. The van der Waals surface area contributed by atoms with Crippen LogP contribution in [0.4, 0.5) is 0 Å². The van der Waals surface area contributed by atoms with Crippen molar-refractivity contribution in [3.63, 3.8) is 0 Å². The van der Waals surface area contributed by atoms with Gasteiger partial charge >= 0.3 is 5.97 Å². The Bertz CT molecular complexity index is 541. The number of aliphatic carboxylic acids is 1. The SMILES string of the molecule is CC(NC(=O)c1ccco1)C(=O)N1C[C@H](O)C[C@@H]1C(=O)O. The molecule has 0 radical (unpaired) electrons. The number of furan rings is 1. The summed E-state index contributed by atoms with van der Waals surface area (Å²) in [7, 11) is 0. The molecule has 0 saturated carbocycles. The summed E-state index contributed by atoms with van der Waals surface area (Å²) in [5.41, 5.74) is 0. The molecular weight excluding hydrogens is 280 g/mol. The summed E-state index contributed by atoms with van der Waals surface area (Å²) in [6.45, 7) is 1.39. The predicted octanol–water partition coefficient (Wildman–Crippen LogP) is -0.556. The summed E-state index contributed by atoms with van der Waals surface area (Å²) in [4.78, 5) is 36.1. The van der Waals surface area contributed by atoms with Gasteiger partial charge in [-0.1, -0.05) is 0 Å². The van der Waals surface area contributed by atoms with Gasteiger partial charge in [0, 0.05) is 13.0 Å². The molecule has 0 aliphatic carbocycles. The molecule has 2 heterocycles. The Balaban J connectivity index is 2.02. The number of carbonyl (C=O) groups excluding carboxylic acids is 2. The first-order chi connectivity index (χ1) is 9.90. The number of β-amino-alcohol motifs (C(OH)–C–C–N with tert-alkyl or cyclic N) is 1. The summed E-state index contributed by atoms with van der Waals surface area (Å²) in [6.07, 6.45) is 0.446. The van der Waals surface area contributed by atoms with E-state index in [2.05, 4.69) is 5.32 Å². The minimum atomic E-state index is -1.18. The van der Waals surface area contributed by atoms with Gasteiger partial charge in [-0.05, 0) is 19.1 Å². The molecular formula is C13H16N2O6. The number of aliphatic hydroxyl groups is 1. The Hall–Kier alpha value is -2.35. The van der Waals surface area contributed by atoms with E-state index in [1.165, 1.54) is 19.3 Å². The zero-order chi connectivity index (χ0) is 15.6. The molecule has 114 valence electrons. The lowest BCUT2D eigenvalue weighted by Crippen LogP contribution is -2.50. The molecule has 1 fully saturated rings. The van der Waals surface area contributed by atoms with Crippen LogP contribution in [-0.4, -0.2) is 57.6 Å². The molecule has 0 spiro atoms. The van der Waals surface area contributed by atoms with Crippen molar-refractivity contribution in [1.82, 2.24) is 10.2 Å².